The van der Waals surface area contributed by atoms with Crippen LogP contribution in [0, 0.1) is 5.92 Å². The third kappa shape index (κ3) is 6.05. The number of carbonyl (C=O) groups excluding carboxylic acids is 1. The van der Waals surface area contributed by atoms with E-state index in [0.29, 0.717) is 19.3 Å². The van der Waals surface area contributed by atoms with Gasteiger partial charge < -0.3 is 13.8 Å². The van der Waals surface area contributed by atoms with Crippen LogP contribution >= 0.6 is 7.60 Å². The lowest BCUT2D eigenvalue weighted by molar-refractivity contribution is -0.441. The van der Waals surface area contributed by atoms with Crippen molar-refractivity contribution in [2.45, 2.75) is 69.2 Å². The molecule has 1 aromatic carbocycles. The molecule has 2 bridgehead atoms. The van der Waals surface area contributed by atoms with Crippen molar-refractivity contribution in [2.24, 2.45) is 5.92 Å². The summed E-state index contributed by atoms with van der Waals surface area (Å²) in [5.41, 5.74) is -2.04. The SMILES string of the molecule is CCOP(=O)(CC(=O)O[C@]1(C)CC[C@@H]2C[C@H]1OOC2(C)CS(=O)(=O)c1ccccc1)OCC. The summed E-state index contributed by atoms with van der Waals surface area (Å²) >= 11 is 0. The van der Waals surface area contributed by atoms with Gasteiger partial charge in [0.05, 0.1) is 23.9 Å². The van der Waals surface area contributed by atoms with E-state index in [9.17, 15) is 17.8 Å². The minimum atomic E-state index is -3.59. The standard InChI is InChI=1S/C22H33O9PS/c1-5-27-32(24,28-6-2)15-20(23)29-21(3)13-12-17-14-19(21)30-31-22(17,4)16-33(25,26)18-10-8-7-9-11-18/h7-11,17,19H,5-6,12-16H2,1-4H3/t17-,19-,21-,22?/m1/s1. The Balaban J connectivity index is 1.66. The number of benzene rings is 1. The second-order valence-electron chi connectivity index (χ2n) is 8.92. The molecule has 1 aliphatic carbocycles. The molecule has 33 heavy (non-hydrogen) atoms. The van der Waals surface area contributed by atoms with Gasteiger partial charge in [-0.3, -0.25) is 9.36 Å². The van der Waals surface area contributed by atoms with Gasteiger partial charge in [0.2, 0.25) is 0 Å². The molecule has 1 unspecified atom stereocenters. The van der Waals surface area contributed by atoms with E-state index in [1.165, 1.54) is 0 Å². The zero-order valence-corrected chi connectivity index (χ0v) is 21.2. The average Bonchev–Trinajstić information content (AvgIpc) is 2.73. The van der Waals surface area contributed by atoms with Crippen LogP contribution < -0.4 is 0 Å². The number of fused-ring (bicyclic) bond motifs is 2. The van der Waals surface area contributed by atoms with Crippen molar-refractivity contribution >= 4 is 23.4 Å². The highest BCUT2D eigenvalue weighted by Crippen LogP contribution is 2.50. The third-order valence-electron chi connectivity index (χ3n) is 6.29. The minimum Gasteiger partial charge on any atom is -0.456 e. The highest BCUT2D eigenvalue weighted by atomic mass is 32.2. The van der Waals surface area contributed by atoms with Crippen LogP contribution in [0.5, 0.6) is 0 Å². The van der Waals surface area contributed by atoms with E-state index in [0.717, 1.165) is 0 Å². The molecular weight excluding hydrogens is 471 g/mol. The maximum absolute atomic E-state index is 12.9. The zero-order valence-electron chi connectivity index (χ0n) is 19.5. The molecule has 0 amide bonds. The van der Waals surface area contributed by atoms with Gasteiger partial charge in [0, 0.05) is 0 Å². The van der Waals surface area contributed by atoms with Gasteiger partial charge in [-0.2, -0.15) is 0 Å². The lowest BCUT2D eigenvalue weighted by atomic mass is 9.71. The Morgan fingerprint density at radius 3 is 2.39 bits per heavy atom. The van der Waals surface area contributed by atoms with Gasteiger partial charge in [0.15, 0.2) is 9.84 Å². The first-order valence-corrected chi connectivity index (χ1v) is 14.6. The van der Waals surface area contributed by atoms with Gasteiger partial charge in [-0.25, -0.2) is 18.2 Å². The fourth-order valence-electron chi connectivity index (χ4n) is 4.50. The fraction of sp³-hybridized carbons (Fsp3) is 0.682. The van der Waals surface area contributed by atoms with E-state index >= 15 is 0 Å². The molecule has 1 heterocycles. The summed E-state index contributed by atoms with van der Waals surface area (Å²) in [6.45, 7) is 7.11. The Hall–Kier alpha value is -1.29. The molecule has 1 saturated heterocycles. The van der Waals surface area contributed by atoms with E-state index in [1.54, 1.807) is 58.0 Å². The Bertz CT molecular complexity index is 973. The van der Waals surface area contributed by atoms with Crippen molar-refractivity contribution in [3.63, 3.8) is 0 Å². The first-order valence-electron chi connectivity index (χ1n) is 11.2. The molecule has 0 spiro atoms. The topological polar surface area (TPSA) is 114 Å². The quantitative estimate of drug-likeness (QED) is 0.266. The van der Waals surface area contributed by atoms with Crippen LogP contribution in [0.15, 0.2) is 35.2 Å². The number of rotatable bonds is 10. The number of esters is 1. The maximum atomic E-state index is 12.9. The smallest absolute Gasteiger partial charge is 0.341 e. The van der Waals surface area contributed by atoms with Crippen molar-refractivity contribution < 1.29 is 41.3 Å². The predicted molar refractivity (Wildman–Crippen MR) is 120 cm³/mol. The molecule has 1 aliphatic heterocycles. The average molecular weight is 505 g/mol. The molecule has 3 rings (SSSR count). The van der Waals surface area contributed by atoms with Crippen molar-refractivity contribution in [3.8, 4) is 0 Å². The van der Waals surface area contributed by atoms with Crippen LogP contribution in [0.3, 0.4) is 0 Å². The number of sulfone groups is 1. The second-order valence-corrected chi connectivity index (χ2v) is 13.0. The highest BCUT2D eigenvalue weighted by molar-refractivity contribution is 7.91. The molecule has 1 aromatic rings. The maximum Gasteiger partial charge on any atom is 0.341 e. The van der Waals surface area contributed by atoms with Crippen LogP contribution in [0.25, 0.3) is 0 Å². The lowest BCUT2D eigenvalue weighted by Gasteiger charge is -2.51. The molecule has 0 radical (unpaired) electrons. The van der Waals surface area contributed by atoms with E-state index in [2.05, 4.69) is 0 Å². The van der Waals surface area contributed by atoms with Gasteiger partial charge >= 0.3 is 13.6 Å². The number of hydrogen-bond acceptors (Lipinski definition) is 9. The molecule has 4 atom stereocenters. The normalized spacial score (nSPS) is 30.1. The Morgan fingerprint density at radius 1 is 1.15 bits per heavy atom. The van der Waals surface area contributed by atoms with E-state index in [4.69, 9.17) is 23.6 Å². The summed E-state index contributed by atoms with van der Waals surface area (Å²) in [6, 6.07) is 8.24. The highest BCUT2D eigenvalue weighted by Gasteiger charge is 2.55. The van der Waals surface area contributed by atoms with E-state index in [1.807, 2.05) is 0 Å². The van der Waals surface area contributed by atoms with Crippen molar-refractivity contribution in [3.05, 3.63) is 30.3 Å². The summed E-state index contributed by atoms with van der Waals surface area (Å²) < 4.78 is 54.6. The van der Waals surface area contributed by atoms with Crippen LogP contribution in [-0.4, -0.2) is 56.8 Å². The zero-order chi connectivity index (χ0) is 24.3. The Kier molecular flexibility index (Phi) is 8.08. The molecule has 2 fully saturated rings. The van der Waals surface area contributed by atoms with Gasteiger partial charge in [-0.05, 0) is 65.0 Å². The molecule has 1 saturated carbocycles. The third-order valence-corrected chi connectivity index (χ3v) is 10.2. The predicted octanol–water partition coefficient (Wildman–Crippen LogP) is 3.92. The largest absolute Gasteiger partial charge is 0.456 e. The molecule has 0 N–H and O–H groups in total. The van der Waals surface area contributed by atoms with Gasteiger partial charge in [-0.1, -0.05) is 18.2 Å². The van der Waals surface area contributed by atoms with Crippen LogP contribution in [-0.2, 0) is 42.8 Å². The summed E-state index contributed by atoms with van der Waals surface area (Å²) in [5.74, 6) is -1.02. The van der Waals surface area contributed by atoms with Crippen LogP contribution in [0.4, 0.5) is 0 Å². The molecular formula is C22H33O9PS. The minimum absolute atomic E-state index is 0.0977. The Labute approximate surface area is 195 Å². The summed E-state index contributed by atoms with van der Waals surface area (Å²) in [5, 5.41) is 0. The van der Waals surface area contributed by atoms with Crippen LogP contribution in [0.1, 0.15) is 47.0 Å². The van der Waals surface area contributed by atoms with Gasteiger partial charge in [-0.15, -0.1) is 0 Å². The van der Waals surface area contributed by atoms with E-state index < -0.39 is 46.9 Å². The Morgan fingerprint density at radius 2 is 1.79 bits per heavy atom. The summed E-state index contributed by atoms with van der Waals surface area (Å²) in [4.78, 5) is 24.1. The summed E-state index contributed by atoms with van der Waals surface area (Å²) in [7, 11) is -7.17. The summed E-state index contributed by atoms with van der Waals surface area (Å²) in [6.07, 6.45) is 0.435. The van der Waals surface area contributed by atoms with Crippen molar-refractivity contribution in [1.82, 2.24) is 0 Å². The fourth-order valence-corrected chi connectivity index (χ4v) is 7.70. The first-order chi connectivity index (χ1) is 15.5. The molecule has 0 aromatic heterocycles. The molecule has 2 aliphatic rings. The monoisotopic (exact) mass is 504 g/mol. The first kappa shape index (κ1) is 26.3. The number of carbonyl (C=O) groups is 1. The molecule has 9 nitrogen and oxygen atoms in total. The van der Waals surface area contributed by atoms with Crippen molar-refractivity contribution in [2.75, 3.05) is 25.1 Å². The number of ether oxygens (including phenoxy) is 1. The molecule has 11 heteroatoms. The van der Waals surface area contributed by atoms with Crippen LogP contribution in [0.2, 0.25) is 0 Å². The van der Waals surface area contributed by atoms with Gasteiger partial charge in [0.1, 0.15) is 23.5 Å². The number of hydrogen-bond donors (Lipinski definition) is 0. The van der Waals surface area contributed by atoms with E-state index in [-0.39, 0.29) is 29.8 Å². The second kappa shape index (κ2) is 10.1. The molecule has 186 valence electrons. The van der Waals surface area contributed by atoms with Crippen molar-refractivity contribution in [1.29, 1.82) is 0 Å². The van der Waals surface area contributed by atoms with Gasteiger partial charge in [0.25, 0.3) is 0 Å². The lowest BCUT2D eigenvalue weighted by Crippen LogP contribution is -2.60.